The van der Waals surface area contributed by atoms with E-state index >= 15 is 0 Å². The normalized spacial score (nSPS) is 22.6. The van der Waals surface area contributed by atoms with Gasteiger partial charge >= 0.3 is 10.2 Å². The van der Waals surface area contributed by atoms with Crippen molar-refractivity contribution in [1.29, 1.82) is 0 Å². The second kappa shape index (κ2) is 2.35. The second-order valence-electron chi connectivity index (χ2n) is 1.74. The van der Waals surface area contributed by atoms with Crippen LogP contribution in [0.3, 0.4) is 0 Å². The van der Waals surface area contributed by atoms with E-state index in [0.717, 1.165) is 4.31 Å². The molecule has 1 rings (SSSR count). The van der Waals surface area contributed by atoms with Gasteiger partial charge in [0, 0.05) is 13.2 Å². The summed E-state index contributed by atoms with van der Waals surface area (Å²) in [7, 11) is -1.97. The van der Waals surface area contributed by atoms with Crippen molar-refractivity contribution in [3.8, 4) is 0 Å². The van der Waals surface area contributed by atoms with Gasteiger partial charge in [0.05, 0.1) is 10.7 Å². The lowest BCUT2D eigenvalue weighted by Gasteiger charge is -2.13. The molecule has 4 nitrogen and oxygen atoms in total. The van der Waals surface area contributed by atoms with Crippen LogP contribution in [0.15, 0.2) is 15.1 Å². The van der Waals surface area contributed by atoms with Crippen molar-refractivity contribution in [2.24, 2.45) is 4.40 Å². The fraction of sp³-hybridized carbons (Fsp3) is 0.250. The van der Waals surface area contributed by atoms with Crippen LogP contribution >= 0.6 is 15.9 Å². The van der Waals surface area contributed by atoms with Crippen LogP contribution in [0.1, 0.15) is 0 Å². The van der Waals surface area contributed by atoms with Gasteiger partial charge in [-0.25, -0.2) is 0 Å². The first-order valence-electron chi connectivity index (χ1n) is 2.43. The summed E-state index contributed by atoms with van der Waals surface area (Å²) in [5, 5.41) is 0. The third-order valence-electron chi connectivity index (χ3n) is 0.978. The molecule has 0 unspecified atom stereocenters. The lowest BCUT2D eigenvalue weighted by atomic mass is 10.7. The molecule has 0 aromatic rings. The minimum absolute atomic E-state index is 0.643. The van der Waals surface area contributed by atoms with Crippen LogP contribution in [0, 0.1) is 0 Å². The Morgan fingerprint density at radius 2 is 2.30 bits per heavy atom. The summed E-state index contributed by atoms with van der Waals surface area (Å²) in [4.78, 5) is 0. The second-order valence-corrected chi connectivity index (χ2v) is 4.34. The van der Waals surface area contributed by atoms with Crippen molar-refractivity contribution in [3.05, 3.63) is 10.7 Å². The molecule has 0 aromatic heterocycles. The van der Waals surface area contributed by atoms with Crippen molar-refractivity contribution in [3.63, 3.8) is 0 Å². The van der Waals surface area contributed by atoms with Crippen molar-refractivity contribution in [1.82, 2.24) is 4.31 Å². The van der Waals surface area contributed by atoms with Gasteiger partial charge in [-0.1, -0.05) is 0 Å². The number of rotatable bonds is 0. The van der Waals surface area contributed by atoms with Crippen LogP contribution in [0.2, 0.25) is 0 Å². The van der Waals surface area contributed by atoms with Gasteiger partial charge in [0.1, 0.15) is 0 Å². The summed E-state index contributed by atoms with van der Waals surface area (Å²) in [5.41, 5.74) is 0. The van der Waals surface area contributed by atoms with E-state index in [-0.39, 0.29) is 0 Å². The van der Waals surface area contributed by atoms with Gasteiger partial charge in [0.2, 0.25) is 0 Å². The molecular weight excluding hydrogens is 220 g/mol. The zero-order valence-electron chi connectivity index (χ0n) is 5.15. The van der Waals surface area contributed by atoms with Crippen molar-refractivity contribution < 1.29 is 8.42 Å². The molecule has 1 aliphatic heterocycles. The van der Waals surface area contributed by atoms with E-state index in [9.17, 15) is 8.42 Å². The lowest BCUT2D eigenvalue weighted by Crippen LogP contribution is -2.21. The Morgan fingerprint density at radius 1 is 1.70 bits per heavy atom. The third-order valence-corrected chi connectivity index (χ3v) is 2.59. The summed E-state index contributed by atoms with van der Waals surface area (Å²) in [6.07, 6.45) is 2.68. The highest BCUT2D eigenvalue weighted by Gasteiger charge is 2.15. The quantitative estimate of drug-likeness (QED) is 0.602. The molecule has 56 valence electrons. The number of allylic oxidation sites excluding steroid dienone is 1. The summed E-state index contributed by atoms with van der Waals surface area (Å²) in [6.45, 7) is 0. The number of hydrogen-bond donors (Lipinski definition) is 0. The Morgan fingerprint density at radius 3 is 2.70 bits per heavy atom. The molecule has 0 atom stereocenters. The van der Waals surface area contributed by atoms with Crippen LogP contribution in [-0.2, 0) is 10.2 Å². The predicted octanol–water partition coefficient (Wildman–Crippen LogP) is 0.484. The van der Waals surface area contributed by atoms with Crippen molar-refractivity contribution in [2.75, 3.05) is 7.05 Å². The minimum atomic E-state index is -3.40. The topological polar surface area (TPSA) is 49.7 Å². The van der Waals surface area contributed by atoms with E-state index in [2.05, 4.69) is 20.3 Å². The van der Waals surface area contributed by atoms with Crippen molar-refractivity contribution in [2.45, 2.75) is 0 Å². The smallest absolute Gasteiger partial charge is 0.261 e. The molecule has 0 aliphatic carbocycles. The highest BCUT2D eigenvalue weighted by Crippen LogP contribution is 2.12. The van der Waals surface area contributed by atoms with Gasteiger partial charge in [-0.2, -0.15) is 12.8 Å². The molecule has 0 amide bonds. The SMILES string of the molecule is CN1C=C(Br)C=NS1(=O)=O. The first kappa shape index (κ1) is 7.74. The van der Waals surface area contributed by atoms with Crippen molar-refractivity contribution >= 4 is 32.4 Å². The standard InChI is InChI=1S/C4H5BrN2O2S/c1-7-3-4(5)2-6-10(7,8)9/h2-3H,1H3. The number of halogens is 1. The van der Waals surface area contributed by atoms with Gasteiger partial charge in [0.25, 0.3) is 0 Å². The Balaban J connectivity index is 3.08. The highest BCUT2D eigenvalue weighted by molar-refractivity contribution is 9.12. The number of hydrogen-bond acceptors (Lipinski definition) is 2. The summed E-state index contributed by atoms with van der Waals surface area (Å²) < 4.78 is 26.5. The van der Waals surface area contributed by atoms with Crippen LogP contribution in [-0.4, -0.2) is 26.0 Å². The fourth-order valence-corrected chi connectivity index (χ4v) is 1.79. The van der Waals surface area contributed by atoms with E-state index in [1.165, 1.54) is 19.5 Å². The average Bonchev–Trinajstić information content (AvgIpc) is 1.81. The molecule has 10 heavy (non-hydrogen) atoms. The highest BCUT2D eigenvalue weighted by atomic mass is 79.9. The predicted molar refractivity (Wildman–Crippen MR) is 42.2 cm³/mol. The Kier molecular flexibility index (Phi) is 1.82. The summed E-state index contributed by atoms with van der Waals surface area (Å²) in [6, 6.07) is 0. The average molecular weight is 225 g/mol. The van der Waals surface area contributed by atoms with Crippen LogP contribution in [0.25, 0.3) is 0 Å². The summed E-state index contributed by atoms with van der Waals surface area (Å²) in [5.74, 6) is 0. The van der Waals surface area contributed by atoms with E-state index in [1.807, 2.05) is 0 Å². The lowest BCUT2D eigenvalue weighted by molar-refractivity contribution is 0.540. The molecule has 6 heteroatoms. The maximum Gasteiger partial charge on any atom is 0.343 e. The van der Waals surface area contributed by atoms with E-state index in [4.69, 9.17) is 0 Å². The van der Waals surface area contributed by atoms with Gasteiger partial charge in [-0.05, 0) is 15.9 Å². The van der Waals surface area contributed by atoms with E-state index < -0.39 is 10.2 Å². The Hall–Kier alpha value is -0.360. The van der Waals surface area contributed by atoms with Gasteiger partial charge in [0.15, 0.2) is 0 Å². The molecule has 0 N–H and O–H groups in total. The van der Waals surface area contributed by atoms with Crippen LogP contribution < -0.4 is 0 Å². The number of nitrogens with zero attached hydrogens (tertiary/aromatic N) is 2. The Bertz CT molecular complexity index is 292. The fourth-order valence-electron chi connectivity index (χ4n) is 0.465. The molecule has 0 radical (unpaired) electrons. The molecule has 0 aromatic carbocycles. The molecule has 1 heterocycles. The minimum Gasteiger partial charge on any atom is -0.261 e. The maximum atomic E-state index is 10.8. The van der Waals surface area contributed by atoms with Crippen LogP contribution in [0.5, 0.6) is 0 Å². The molecule has 0 saturated carbocycles. The van der Waals surface area contributed by atoms with Crippen LogP contribution in [0.4, 0.5) is 0 Å². The molecule has 0 spiro atoms. The molecule has 0 bridgehead atoms. The summed E-state index contributed by atoms with van der Waals surface area (Å²) >= 11 is 3.09. The monoisotopic (exact) mass is 224 g/mol. The first-order valence-corrected chi connectivity index (χ1v) is 4.62. The third kappa shape index (κ3) is 1.38. The zero-order valence-corrected chi connectivity index (χ0v) is 7.55. The zero-order chi connectivity index (χ0) is 7.78. The van der Waals surface area contributed by atoms with E-state index in [1.54, 1.807) is 0 Å². The maximum absolute atomic E-state index is 10.8. The van der Waals surface area contributed by atoms with Gasteiger partial charge in [-0.3, -0.25) is 4.31 Å². The molecule has 0 fully saturated rings. The largest absolute Gasteiger partial charge is 0.343 e. The van der Waals surface area contributed by atoms with Gasteiger partial charge in [-0.15, -0.1) is 0 Å². The molecule has 0 saturated heterocycles. The molecular formula is C4H5BrN2O2S. The Labute approximate surface area is 67.6 Å². The first-order chi connectivity index (χ1) is 4.52. The molecule has 1 aliphatic rings. The van der Waals surface area contributed by atoms with Gasteiger partial charge < -0.3 is 0 Å². The van der Waals surface area contributed by atoms with E-state index in [0.29, 0.717) is 4.48 Å².